The maximum absolute atomic E-state index is 10.2. The van der Waals surface area contributed by atoms with E-state index >= 15 is 0 Å². The van der Waals surface area contributed by atoms with E-state index < -0.39 is 6.10 Å². The van der Waals surface area contributed by atoms with Crippen LogP contribution in [0.4, 0.5) is 0 Å². The number of aliphatic hydroxyl groups is 1. The summed E-state index contributed by atoms with van der Waals surface area (Å²) in [7, 11) is 1.67. The molecule has 2 rings (SSSR count). The quantitative estimate of drug-likeness (QED) is 0.597. The summed E-state index contributed by atoms with van der Waals surface area (Å²) in [6.07, 6.45) is 8.87. The Bertz CT molecular complexity index is 541. The zero-order valence-corrected chi connectivity index (χ0v) is 18.1. The van der Waals surface area contributed by atoms with Gasteiger partial charge in [-0.15, -0.1) is 0 Å². The minimum atomic E-state index is -0.509. The summed E-state index contributed by atoms with van der Waals surface area (Å²) in [4.78, 5) is 2.19. The number of aliphatic hydroxyl groups excluding tert-OH is 1. The van der Waals surface area contributed by atoms with E-state index in [1.54, 1.807) is 7.11 Å². The van der Waals surface area contributed by atoms with Crippen molar-refractivity contribution in [1.29, 1.82) is 0 Å². The third kappa shape index (κ3) is 7.98. The maximum atomic E-state index is 10.2. The van der Waals surface area contributed by atoms with E-state index in [1.807, 2.05) is 12.1 Å². The second-order valence-corrected chi connectivity index (χ2v) is 7.86. The number of rotatable bonds is 11. The first-order chi connectivity index (χ1) is 13.7. The van der Waals surface area contributed by atoms with E-state index in [0.717, 1.165) is 25.4 Å². The van der Waals surface area contributed by atoms with Gasteiger partial charge in [-0.1, -0.05) is 52.0 Å². The smallest absolute Gasteiger partial charge is 0.161 e. The number of likely N-dealkylation sites (N-methyl/N-ethyl adjacent to an activating group) is 1. The third-order valence-electron chi connectivity index (χ3n) is 5.72. The second kappa shape index (κ2) is 13.0. The number of nitrogens with one attached hydrogen (secondary N) is 1. The second-order valence-electron chi connectivity index (χ2n) is 7.86. The number of hydrogen-bond acceptors (Lipinski definition) is 5. The summed E-state index contributed by atoms with van der Waals surface area (Å²) in [6, 6.07) is 6.71. The van der Waals surface area contributed by atoms with Crippen LogP contribution >= 0.6 is 0 Å². The highest BCUT2D eigenvalue weighted by Crippen LogP contribution is 2.28. The molecule has 1 aromatic carbocycles. The van der Waals surface area contributed by atoms with Gasteiger partial charge in [0, 0.05) is 19.1 Å². The van der Waals surface area contributed by atoms with E-state index in [1.165, 1.54) is 50.5 Å². The van der Waals surface area contributed by atoms with Gasteiger partial charge in [0.2, 0.25) is 0 Å². The van der Waals surface area contributed by atoms with E-state index in [0.29, 0.717) is 18.3 Å². The van der Waals surface area contributed by atoms with Crippen molar-refractivity contribution in [1.82, 2.24) is 10.2 Å². The lowest BCUT2D eigenvalue weighted by atomic mass is 9.96. The van der Waals surface area contributed by atoms with E-state index in [-0.39, 0.29) is 6.61 Å². The molecular formula is C23H40N2O3. The highest BCUT2D eigenvalue weighted by molar-refractivity contribution is 5.43. The molecule has 160 valence electrons. The highest BCUT2D eigenvalue weighted by atomic mass is 16.5. The largest absolute Gasteiger partial charge is 0.493 e. The van der Waals surface area contributed by atoms with Crippen LogP contribution in [0.1, 0.15) is 64.4 Å². The predicted octanol–water partition coefficient (Wildman–Crippen LogP) is 3.98. The van der Waals surface area contributed by atoms with E-state index in [2.05, 4.69) is 30.1 Å². The molecule has 0 radical (unpaired) electrons. The third-order valence-corrected chi connectivity index (χ3v) is 5.72. The van der Waals surface area contributed by atoms with Gasteiger partial charge in [-0.05, 0) is 43.6 Å². The van der Waals surface area contributed by atoms with Crippen LogP contribution in [0.25, 0.3) is 0 Å². The fraction of sp³-hybridized carbons (Fsp3) is 0.739. The first kappa shape index (κ1) is 23.0. The van der Waals surface area contributed by atoms with Gasteiger partial charge in [-0.2, -0.15) is 0 Å². The van der Waals surface area contributed by atoms with Crippen LogP contribution in [-0.2, 0) is 6.54 Å². The summed E-state index contributed by atoms with van der Waals surface area (Å²) in [5.41, 5.74) is 1.20. The Morgan fingerprint density at radius 3 is 2.39 bits per heavy atom. The van der Waals surface area contributed by atoms with Crippen LogP contribution in [0.3, 0.4) is 0 Å². The molecule has 0 spiro atoms. The summed E-state index contributed by atoms with van der Waals surface area (Å²) < 4.78 is 11.4. The Morgan fingerprint density at radius 2 is 1.75 bits per heavy atom. The Labute approximate surface area is 171 Å². The molecule has 1 aliphatic rings. The van der Waals surface area contributed by atoms with Crippen LogP contribution in [0.2, 0.25) is 0 Å². The Morgan fingerprint density at radius 1 is 1.07 bits per heavy atom. The Balaban J connectivity index is 1.84. The molecule has 1 aromatic rings. The van der Waals surface area contributed by atoms with Crippen molar-refractivity contribution in [2.45, 2.75) is 77.5 Å². The van der Waals surface area contributed by atoms with Gasteiger partial charge in [0.1, 0.15) is 12.7 Å². The summed E-state index contributed by atoms with van der Waals surface area (Å²) in [5, 5.41) is 13.9. The molecule has 1 atom stereocenters. The predicted molar refractivity (Wildman–Crippen MR) is 115 cm³/mol. The molecular weight excluding hydrogens is 352 g/mol. The molecule has 0 saturated heterocycles. The molecule has 0 heterocycles. The number of hydrogen-bond donors (Lipinski definition) is 2. The molecule has 1 saturated carbocycles. The summed E-state index contributed by atoms with van der Waals surface area (Å²) in [6.45, 7) is 7.81. The minimum Gasteiger partial charge on any atom is -0.493 e. The normalized spacial score (nSPS) is 17.2. The molecule has 0 unspecified atom stereocenters. The van der Waals surface area contributed by atoms with Crippen molar-refractivity contribution in [3.63, 3.8) is 0 Å². The van der Waals surface area contributed by atoms with E-state index in [4.69, 9.17) is 9.47 Å². The van der Waals surface area contributed by atoms with E-state index in [9.17, 15) is 5.11 Å². The fourth-order valence-electron chi connectivity index (χ4n) is 3.88. The maximum Gasteiger partial charge on any atom is 0.161 e. The Hall–Kier alpha value is -1.30. The van der Waals surface area contributed by atoms with Gasteiger partial charge in [-0.25, -0.2) is 0 Å². The molecule has 1 aliphatic carbocycles. The molecule has 0 bridgehead atoms. The number of ether oxygens (including phenoxy) is 2. The molecule has 0 amide bonds. The lowest BCUT2D eigenvalue weighted by molar-refractivity contribution is 0.0705. The van der Waals surface area contributed by atoms with Crippen LogP contribution in [0, 0.1) is 0 Å². The summed E-state index contributed by atoms with van der Waals surface area (Å²) >= 11 is 0. The first-order valence-corrected chi connectivity index (χ1v) is 11.1. The molecule has 5 heteroatoms. The van der Waals surface area contributed by atoms with Crippen molar-refractivity contribution < 1.29 is 14.6 Å². The van der Waals surface area contributed by atoms with Crippen molar-refractivity contribution >= 4 is 0 Å². The fourth-order valence-corrected chi connectivity index (χ4v) is 3.88. The van der Waals surface area contributed by atoms with Crippen molar-refractivity contribution in [3.05, 3.63) is 23.8 Å². The standard InChI is InChI=1S/C23H40N2O3/c1-4-25(5-2)17-21(26)18-28-22-14-13-19(15-23(22)27-3)16-24-20-11-9-7-6-8-10-12-20/h13-15,20-21,24,26H,4-12,16-18H2,1-3H3/t21-/m1/s1. The topological polar surface area (TPSA) is 54.0 Å². The van der Waals surface area contributed by atoms with Crippen molar-refractivity contribution in [2.24, 2.45) is 0 Å². The number of methoxy groups -OCH3 is 1. The molecule has 1 fully saturated rings. The monoisotopic (exact) mass is 392 g/mol. The van der Waals surface area contributed by atoms with Crippen LogP contribution < -0.4 is 14.8 Å². The molecule has 28 heavy (non-hydrogen) atoms. The minimum absolute atomic E-state index is 0.270. The van der Waals surface area contributed by atoms with Gasteiger partial charge in [0.05, 0.1) is 7.11 Å². The zero-order valence-electron chi connectivity index (χ0n) is 18.1. The molecule has 0 aliphatic heterocycles. The lowest BCUT2D eigenvalue weighted by Crippen LogP contribution is -2.35. The molecule has 5 nitrogen and oxygen atoms in total. The van der Waals surface area contributed by atoms with Gasteiger partial charge in [0.15, 0.2) is 11.5 Å². The summed E-state index contributed by atoms with van der Waals surface area (Å²) in [5.74, 6) is 1.42. The van der Waals surface area contributed by atoms with Crippen LogP contribution in [0.5, 0.6) is 11.5 Å². The van der Waals surface area contributed by atoms with Gasteiger partial charge in [-0.3, -0.25) is 0 Å². The lowest BCUT2D eigenvalue weighted by Gasteiger charge is -2.23. The van der Waals surface area contributed by atoms with Crippen molar-refractivity contribution in [3.8, 4) is 11.5 Å². The van der Waals surface area contributed by atoms with Crippen LogP contribution in [-0.4, -0.2) is 55.5 Å². The van der Waals surface area contributed by atoms with Crippen molar-refractivity contribution in [2.75, 3.05) is 33.4 Å². The van der Waals surface area contributed by atoms with Gasteiger partial charge >= 0.3 is 0 Å². The van der Waals surface area contributed by atoms with Gasteiger partial charge in [0.25, 0.3) is 0 Å². The molecule has 0 aromatic heterocycles. The van der Waals surface area contributed by atoms with Gasteiger partial charge < -0.3 is 24.8 Å². The number of benzene rings is 1. The average Bonchev–Trinajstić information content (AvgIpc) is 2.69. The SMILES string of the molecule is CCN(CC)C[C@@H](O)COc1ccc(CNC2CCCCCCC2)cc1OC. The average molecular weight is 393 g/mol. The molecule has 2 N–H and O–H groups in total. The number of nitrogens with zero attached hydrogens (tertiary/aromatic N) is 1. The Kier molecular flexibility index (Phi) is 10.7. The first-order valence-electron chi connectivity index (χ1n) is 11.1. The highest BCUT2D eigenvalue weighted by Gasteiger charge is 2.14. The zero-order chi connectivity index (χ0) is 20.2. The van der Waals surface area contributed by atoms with Crippen LogP contribution in [0.15, 0.2) is 18.2 Å².